The van der Waals surface area contributed by atoms with Crippen LogP contribution in [-0.4, -0.2) is 16.7 Å². The minimum Gasteiger partial charge on any atom is -0.335 e. The van der Waals surface area contributed by atoms with E-state index < -0.39 is 0 Å². The average molecular weight is 870 g/mol. The molecule has 3 aliphatic heterocycles. The largest absolute Gasteiger partial charge is 0.335 e. The Morgan fingerprint density at radius 1 is 0.439 bits per heavy atom. The zero-order valence-electron chi connectivity index (χ0n) is 43.6. The fraction of sp³-hybridized carbons (Fsp3) is 0.419. The molecule has 3 aliphatic rings. The SMILES string of the molecule is CC(C)(C)c1ccc(N2c3ccc(C(C)(C)C)cc3B3c4cc(C(C)(C)C)cc5c4N(c4c3c2c2c3cc(C(C)(C)C)ccc3n3c6ccc(C(C)(C)C)cc6c4c23)C(C)(C)C5(C)C)cc1. The van der Waals surface area contributed by atoms with Gasteiger partial charge in [-0.2, -0.15) is 0 Å². The minimum absolute atomic E-state index is 0.00842. The fourth-order valence-corrected chi connectivity index (χ4v) is 12.1. The molecule has 6 aromatic carbocycles. The van der Waals surface area contributed by atoms with E-state index >= 15 is 0 Å². The molecule has 8 aromatic rings. The van der Waals surface area contributed by atoms with Crippen LogP contribution in [0.5, 0.6) is 0 Å². The molecule has 0 amide bonds. The first-order chi connectivity index (χ1) is 30.4. The number of nitrogens with zero attached hydrogens (tertiary/aromatic N) is 3. The molecule has 0 bridgehead atoms. The van der Waals surface area contributed by atoms with Gasteiger partial charge >= 0.3 is 0 Å². The quantitative estimate of drug-likeness (QED) is 0.152. The summed E-state index contributed by atoms with van der Waals surface area (Å²) in [5.74, 6) is 0. The summed E-state index contributed by atoms with van der Waals surface area (Å²) in [6.45, 7) is 45.6. The van der Waals surface area contributed by atoms with E-state index in [-0.39, 0.29) is 44.7 Å². The van der Waals surface area contributed by atoms with Crippen LogP contribution in [0.25, 0.3) is 38.1 Å². The Morgan fingerprint density at radius 2 is 0.894 bits per heavy atom. The highest BCUT2D eigenvalue weighted by Gasteiger charge is 2.58. The fourth-order valence-electron chi connectivity index (χ4n) is 12.1. The van der Waals surface area contributed by atoms with Crippen LogP contribution >= 0.6 is 0 Å². The molecule has 11 rings (SSSR count). The maximum absolute atomic E-state index is 2.87. The Bertz CT molecular complexity index is 3370. The Balaban J connectivity index is 1.45. The van der Waals surface area contributed by atoms with Crippen molar-refractivity contribution in [1.29, 1.82) is 0 Å². The normalized spacial score (nSPS) is 16.9. The predicted octanol–water partition coefficient (Wildman–Crippen LogP) is 15.1. The van der Waals surface area contributed by atoms with E-state index in [4.69, 9.17) is 0 Å². The highest BCUT2D eigenvalue weighted by molar-refractivity contribution is 7.01. The van der Waals surface area contributed by atoms with Crippen LogP contribution in [0.2, 0.25) is 0 Å². The van der Waals surface area contributed by atoms with E-state index in [1.165, 1.54) is 116 Å². The van der Waals surface area contributed by atoms with Gasteiger partial charge in [-0.1, -0.05) is 166 Å². The van der Waals surface area contributed by atoms with Gasteiger partial charge < -0.3 is 14.2 Å². The second kappa shape index (κ2) is 12.9. The molecule has 0 N–H and O–H groups in total. The highest BCUT2D eigenvalue weighted by Crippen LogP contribution is 2.61. The second-order valence-electron chi connectivity index (χ2n) is 26.8. The number of hydrogen-bond acceptors (Lipinski definition) is 2. The van der Waals surface area contributed by atoms with Gasteiger partial charge in [-0.3, -0.25) is 0 Å². The molecule has 0 saturated heterocycles. The summed E-state index contributed by atoms with van der Waals surface area (Å²) in [5.41, 5.74) is 22.7. The lowest BCUT2D eigenvalue weighted by Crippen LogP contribution is -2.64. The van der Waals surface area contributed by atoms with E-state index in [0.29, 0.717) is 0 Å². The summed E-state index contributed by atoms with van der Waals surface area (Å²) in [6.07, 6.45) is 0. The molecular weight excluding hydrogens is 798 g/mol. The zero-order chi connectivity index (χ0) is 47.5. The van der Waals surface area contributed by atoms with Crippen LogP contribution in [0.1, 0.15) is 165 Å². The van der Waals surface area contributed by atoms with Gasteiger partial charge in [-0.05, 0) is 133 Å². The minimum atomic E-state index is -0.267. The van der Waals surface area contributed by atoms with Crippen molar-refractivity contribution in [3.8, 4) is 0 Å². The number of benzene rings is 6. The lowest BCUT2D eigenvalue weighted by molar-refractivity contribution is 0.330. The smallest absolute Gasteiger partial charge is 0.252 e. The lowest BCUT2D eigenvalue weighted by Gasteiger charge is -2.49. The Morgan fingerprint density at radius 3 is 1.41 bits per heavy atom. The lowest BCUT2D eigenvalue weighted by atomic mass is 9.33. The summed E-state index contributed by atoms with van der Waals surface area (Å²) in [6, 6.07) is 37.1. The van der Waals surface area contributed by atoms with Crippen molar-refractivity contribution in [2.24, 2.45) is 0 Å². The van der Waals surface area contributed by atoms with E-state index in [1.807, 2.05) is 0 Å². The van der Waals surface area contributed by atoms with E-state index in [1.54, 1.807) is 0 Å². The molecule has 3 nitrogen and oxygen atoms in total. The third-order valence-electron chi connectivity index (χ3n) is 16.9. The maximum atomic E-state index is 2.87. The molecule has 5 heterocycles. The highest BCUT2D eigenvalue weighted by atomic mass is 15.3. The van der Waals surface area contributed by atoms with Crippen molar-refractivity contribution in [2.45, 2.75) is 170 Å². The number of hydrogen-bond donors (Lipinski definition) is 0. The first-order valence-electron chi connectivity index (χ1n) is 24.8. The van der Waals surface area contributed by atoms with Gasteiger partial charge in [-0.25, -0.2) is 0 Å². The first-order valence-corrected chi connectivity index (χ1v) is 24.8. The van der Waals surface area contributed by atoms with Gasteiger partial charge in [0.15, 0.2) is 0 Å². The summed E-state index contributed by atoms with van der Waals surface area (Å²) in [5, 5.41) is 5.44. The van der Waals surface area contributed by atoms with Crippen molar-refractivity contribution in [3.05, 3.63) is 124 Å². The molecular formula is C62H72BN3. The zero-order valence-corrected chi connectivity index (χ0v) is 43.6. The summed E-state index contributed by atoms with van der Waals surface area (Å²) >= 11 is 0. The van der Waals surface area contributed by atoms with Crippen molar-refractivity contribution >= 4 is 89.6 Å². The second-order valence-corrected chi connectivity index (χ2v) is 26.8. The molecule has 2 aromatic heterocycles. The van der Waals surface area contributed by atoms with Crippen LogP contribution in [0.3, 0.4) is 0 Å². The first kappa shape index (κ1) is 43.4. The number of fused-ring (bicyclic) bond motifs is 12. The monoisotopic (exact) mass is 870 g/mol. The molecule has 0 atom stereocenters. The third-order valence-corrected chi connectivity index (χ3v) is 16.9. The molecule has 4 heteroatoms. The molecule has 0 unspecified atom stereocenters. The maximum Gasteiger partial charge on any atom is 0.252 e. The molecule has 0 saturated carbocycles. The van der Waals surface area contributed by atoms with Gasteiger partial charge in [0.2, 0.25) is 0 Å². The van der Waals surface area contributed by atoms with Crippen molar-refractivity contribution in [2.75, 3.05) is 9.80 Å². The summed E-state index contributed by atoms with van der Waals surface area (Å²) < 4.78 is 2.66. The molecule has 0 radical (unpaired) electrons. The molecule has 338 valence electrons. The van der Waals surface area contributed by atoms with Gasteiger partial charge in [-0.15, -0.1) is 0 Å². The van der Waals surface area contributed by atoms with Gasteiger partial charge in [0.05, 0.1) is 22.2 Å². The van der Waals surface area contributed by atoms with Crippen molar-refractivity contribution < 1.29 is 0 Å². The third kappa shape index (κ3) is 5.63. The van der Waals surface area contributed by atoms with Gasteiger partial charge in [0, 0.05) is 55.2 Å². The average Bonchev–Trinajstić information content (AvgIpc) is 3.78. The number of rotatable bonds is 1. The number of anilines is 5. The van der Waals surface area contributed by atoms with Gasteiger partial charge in [0.25, 0.3) is 6.71 Å². The predicted molar refractivity (Wildman–Crippen MR) is 290 cm³/mol. The molecule has 0 fully saturated rings. The van der Waals surface area contributed by atoms with Crippen LogP contribution in [0.15, 0.2) is 91.0 Å². The molecule has 0 aliphatic carbocycles. The van der Waals surface area contributed by atoms with E-state index in [2.05, 4.69) is 237 Å². The Labute approximate surface area is 396 Å². The van der Waals surface area contributed by atoms with Crippen LogP contribution < -0.4 is 26.2 Å². The Kier molecular flexibility index (Phi) is 8.44. The van der Waals surface area contributed by atoms with E-state index in [9.17, 15) is 0 Å². The summed E-state index contributed by atoms with van der Waals surface area (Å²) in [4.78, 5) is 5.57. The molecule has 0 spiro atoms. The van der Waals surface area contributed by atoms with E-state index in [0.717, 1.165) is 0 Å². The van der Waals surface area contributed by atoms with Crippen molar-refractivity contribution in [3.63, 3.8) is 0 Å². The van der Waals surface area contributed by atoms with Crippen LogP contribution in [0, 0.1) is 0 Å². The molecule has 66 heavy (non-hydrogen) atoms. The van der Waals surface area contributed by atoms with Crippen molar-refractivity contribution in [1.82, 2.24) is 4.40 Å². The van der Waals surface area contributed by atoms with Gasteiger partial charge in [0.1, 0.15) is 0 Å². The Hall–Kier alpha value is -5.22. The summed E-state index contributed by atoms with van der Waals surface area (Å²) in [7, 11) is 0. The topological polar surface area (TPSA) is 10.9 Å². The number of aromatic nitrogens is 1. The standard InChI is InChI=1S/C62H72BN3/c1-56(2,3)35-20-25-40(26-21-35)64-48-29-24-38(59(10,11)12)33-44(48)63-45-34-39(60(13,14)15)32-43-52(45)66(62(18,19)61(43,16)17)55-50-42-31-37(58(7,8)9)23-28-47(42)65-46-27-22-36(57(4,5)6)30-41(46)49(53(50)65)54(64)51(55)63/h20-34H,1-19H3. The van der Waals surface area contributed by atoms with Crippen LogP contribution in [-0.2, 0) is 32.5 Å². The van der Waals surface area contributed by atoms with Crippen LogP contribution in [0.4, 0.5) is 28.4 Å².